The zero-order valence-corrected chi connectivity index (χ0v) is 9.66. The lowest BCUT2D eigenvalue weighted by Gasteiger charge is -2.34. The second-order valence-electron chi connectivity index (χ2n) is 3.16. The maximum atomic E-state index is 10.4. The smallest absolute Gasteiger partial charge is 0.0846 e. The molecule has 0 spiro atoms. The Labute approximate surface area is 85.3 Å². The molecule has 86 valence electrons. The van der Waals surface area contributed by atoms with Crippen LogP contribution in [0.25, 0.3) is 0 Å². The van der Waals surface area contributed by atoms with E-state index in [1.165, 1.54) is 5.06 Å². The van der Waals surface area contributed by atoms with Crippen LogP contribution in [0, 0.1) is 0 Å². The molecule has 0 heterocycles. The molecule has 0 aromatic carbocycles. The van der Waals surface area contributed by atoms with Gasteiger partial charge >= 0.3 is 0 Å². The van der Waals surface area contributed by atoms with Crippen molar-refractivity contribution in [1.82, 2.24) is 5.06 Å². The topological polar surface area (TPSA) is 75.7 Å². The van der Waals surface area contributed by atoms with E-state index < -0.39 is 7.82 Å². The minimum Gasteiger partial charge on any atom is -0.788 e. The van der Waals surface area contributed by atoms with Crippen molar-refractivity contribution in [2.24, 2.45) is 0 Å². The molecule has 0 atom stereocenters. The van der Waals surface area contributed by atoms with Crippen LogP contribution in [0.2, 0.25) is 0 Å². The van der Waals surface area contributed by atoms with E-state index in [-0.39, 0.29) is 0 Å². The molecule has 6 heteroatoms. The van der Waals surface area contributed by atoms with E-state index in [1.54, 1.807) is 0 Å². The molecule has 0 aliphatic carbocycles. The summed E-state index contributed by atoms with van der Waals surface area (Å²) >= 11 is 0. The second-order valence-corrected chi connectivity index (χ2v) is 4.22. The Bertz CT molecular complexity index is 174. The summed E-state index contributed by atoms with van der Waals surface area (Å²) in [7, 11) is -4.88. The van der Waals surface area contributed by atoms with E-state index in [0.29, 0.717) is 13.1 Å². The molecule has 0 aliphatic heterocycles. The molecule has 0 unspecified atom stereocenters. The lowest BCUT2D eigenvalue weighted by molar-refractivity contribution is -0.362. The highest BCUT2D eigenvalue weighted by atomic mass is 31.2. The Hall–Kier alpha value is 0.0700. The van der Waals surface area contributed by atoms with Gasteiger partial charge in [-0.2, -0.15) is 5.06 Å². The van der Waals surface area contributed by atoms with E-state index in [1.807, 2.05) is 13.8 Å². The van der Waals surface area contributed by atoms with Crippen molar-refractivity contribution in [1.29, 1.82) is 0 Å². The van der Waals surface area contributed by atoms with Crippen LogP contribution < -0.4 is 9.79 Å². The third-order valence-electron chi connectivity index (χ3n) is 1.74. The Morgan fingerprint density at radius 3 is 1.86 bits per heavy atom. The van der Waals surface area contributed by atoms with Gasteiger partial charge in [-0.15, -0.1) is 0 Å². The van der Waals surface area contributed by atoms with Crippen molar-refractivity contribution in [2.75, 3.05) is 13.1 Å². The molecule has 0 N–H and O–H groups in total. The number of unbranched alkanes of at least 4 members (excludes halogenated alkanes) is 2. The van der Waals surface area contributed by atoms with Gasteiger partial charge < -0.3 is 14.4 Å². The average Bonchev–Trinajstić information content (AvgIpc) is 2.07. The number of hydroxylamine groups is 2. The van der Waals surface area contributed by atoms with Crippen LogP contribution in [0.4, 0.5) is 0 Å². The standard InChI is InChI=1S/C8H20NO4P/c1-3-5-7-9(8-6-4-2)13-14(10,11)12/h3-8H2,1-2H3,(H2,10,11,12)/p-2. The van der Waals surface area contributed by atoms with E-state index in [4.69, 9.17) is 0 Å². The summed E-state index contributed by atoms with van der Waals surface area (Å²) in [5.74, 6) is 0. The SMILES string of the molecule is CCCCN(CCCC)OP(=O)([O-])[O-]. The van der Waals surface area contributed by atoms with Crippen LogP contribution in [0.5, 0.6) is 0 Å². The summed E-state index contributed by atoms with van der Waals surface area (Å²) in [5.41, 5.74) is 0. The van der Waals surface area contributed by atoms with Gasteiger partial charge in [0.05, 0.1) is 7.82 Å². The zero-order chi connectivity index (χ0) is 11.0. The number of rotatable bonds is 8. The number of hydrogen-bond donors (Lipinski definition) is 0. The first kappa shape index (κ1) is 14.1. The van der Waals surface area contributed by atoms with E-state index in [0.717, 1.165) is 25.7 Å². The first-order chi connectivity index (χ1) is 6.49. The van der Waals surface area contributed by atoms with Crippen molar-refractivity contribution in [3.05, 3.63) is 0 Å². The highest BCUT2D eigenvalue weighted by Gasteiger charge is 2.05. The van der Waals surface area contributed by atoms with Crippen molar-refractivity contribution in [3.8, 4) is 0 Å². The molecule has 0 amide bonds. The van der Waals surface area contributed by atoms with Crippen LogP contribution >= 0.6 is 7.82 Å². The molecule has 0 saturated carbocycles. The van der Waals surface area contributed by atoms with Crippen LogP contribution in [0.15, 0.2) is 0 Å². The molecule has 0 aromatic rings. The van der Waals surface area contributed by atoms with Gasteiger partial charge in [-0.3, -0.25) is 4.62 Å². The normalized spacial score (nSPS) is 12.4. The molecule has 0 saturated heterocycles. The predicted octanol–water partition coefficient (Wildman–Crippen LogP) is 0.649. The van der Waals surface area contributed by atoms with Gasteiger partial charge in [0.1, 0.15) is 0 Å². The minimum absolute atomic E-state index is 0.491. The summed E-state index contributed by atoms with van der Waals surface area (Å²) in [4.78, 5) is 20.8. The molecule has 0 radical (unpaired) electrons. The van der Waals surface area contributed by atoms with Gasteiger partial charge in [0.2, 0.25) is 0 Å². The second kappa shape index (κ2) is 7.37. The zero-order valence-electron chi connectivity index (χ0n) is 8.77. The Kier molecular flexibility index (Phi) is 7.41. The van der Waals surface area contributed by atoms with Crippen LogP contribution in [0.1, 0.15) is 39.5 Å². The maximum absolute atomic E-state index is 10.4. The molecule has 5 nitrogen and oxygen atoms in total. The molecular weight excluding hydrogens is 205 g/mol. The summed E-state index contributed by atoms with van der Waals surface area (Å²) in [6, 6.07) is 0. The lowest BCUT2D eigenvalue weighted by atomic mass is 10.3. The minimum atomic E-state index is -4.88. The third kappa shape index (κ3) is 8.66. The van der Waals surface area contributed by atoms with Gasteiger partial charge in [0.25, 0.3) is 0 Å². The fourth-order valence-corrected chi connectivity index (χ4v) is 1.45. The Morgan fingerprint density at radius 1 is 1.14 bits per heavy atom. The van der Waals surface area contributed by atoms with Crippen LogP contribution in [-0.4, -0.2) is 18.2 Å². The largest absolute Gasteiger partial charge is 0.788 e. The molecule has 0 bridgehead atoms. The first-order valence-electron chi connectivity index (χ1n) is 4.96. The molecule has 14 heavy (non-hydrogen) atoms. The number of nitrogens with zero attached hydrogens (tertiary/aromatic N) is 1. The lowest BCUT2D eigenvalue weighted by Crippen LogP contribution is -2.30. The fourth-order valence-electron chi connectivity index (χ4n) is 1.00. The monoisotopic (exact) mass is 223 g/mol. The van der Waals surface area contributed by atoms with Gasteiger partial charge in [-0.25, -0.2) is 0 Å². The van der Waals surface area contributed by atoms with E-state index in [2.05, 4.69) is 4.62 Å². The predicted molar refractivity (Wildman–Crippen MR) is 50.1 cm³/mol. The van der Waals surface area contributed by atoms with Gasteiger partial charge in [0.15, 0.2) is 0 Å². The Morgan fingerprint density at radius 2 is 1.57 bits per heavy atom. The summed E-state index contributed by atoms with van der Waals surface area (Å²) in [6.45, 7) is 4.97. The quantitative estimate of drug-likeness (QED) is 0.446. The van der Waals surface area contributed by atoms with Gasteiger partial charge in [0, 0.05) is 13.1 Å². The van der Waals surface area contributed by atoms with Crippen molar-refractivity contribution < 1.29 is 19.0 Å². The Balaban J connectivity index is 3.90. The maximum Gasteiger partial charge on any atom is 0.0846 e. The van der Waals surface area contributed by atoms with Crippen molar-refractivity contribution >= 4 is 7.82 Å². The van der Waals surface area contributed by atoms with Crippen molar-refractivity contribution in [2.45, 2.75) is 39.5 Å². The summed E-state index contributed by atoms with van der Waals surface area (Å²) in [6.07, 6.45) is 3.52. The molecule has 0 aromatic heterocycles. The molecule has 0 rings (SSSR count). The highest BCUT2D eigenvalue weighted by Crippen LogP contribution is 2.26. The number of hydrogen-bond acceptors (Lipinski definition) is 5. The van der Waals surface area contributed by atoms with Crippen molar-refractivity contribution in [3.63, 3.8) is 0 Å². The van der Waals surface area contributed by atoms with Crippen LogP contribution in [-0.2, 0) is 9.19 Å². The highest BCUT2D eigenvalue weighted by molar-refractivity contribution is 7.43. The van der Waals surface area contributed by atoms with Gasteiger partial charge in [-0.1, -0.05) is 26.7 Å². The molecule has 0 aliphatic rings. The van der Waals surface area contributed by atoms with Crippen LogP contribution in [0.3, 0.4) is 0 Å². The third-order valence-corrected chi connectivity index (χ3v) is 2.17. The molecule has 0 fully saturated rings. The van der Waals surface area contributed by atoms with E-state index in [9.17, 15) is 14.4 Å². The summed E-state index contributed by atoms with van der Waals surface area (Å²) < 4.78 is 14.7. The fraction of sp³-hybridized carbons (Fsp3) is 1.00. The van der Waals surface area contributed by atoms with Gasteiger partial charge in [-0.05, 0) is 12.8 Å². The first-order valence-corrected chi connectivity index (χ1v) is 6.42. The van der Waals surface area contributed by atoms with E-state index >= 15 is 0 Å². The number of phosphoric acid groups is 1. The average molecular weight is 223 g/mol. The summed E-state index contributed by atoms with van der Waals surface area (Å²) in [5, 5.41) is 1.24. The molecular formula is C8H18NO4P-2.